The fourth-order valence-electron chi connectivity index (χ4n) is 4.02. The summed E-state index contributed by atoms with van der Waals surface area (Å²) in [7, 11) is 0. The molecule has 0 radical (unpaired) electrons. The Morgan fingerprint density at radius 3 is 2.40 bits per heavy atom. The van der Waals surface area contributed by atoms with Crippen LogP contribution in [0.25, 0.3) is 16.7 Å². The van der Waals surface area contributed by atoms with Crippen LogP contribution in [0.1, 0.15) is 30.4 Å². The average Bonchev–Trinajstić information content (AvgIpc) is 3.05. The summed E-state index contributed by atoms with van der Waals surface area (Å²) in [6.45, 7) is 1.88. The molecule has 2 aromatic rings. The lowest BCUT2D eigenvalue weighted by molar-refractivity contribution is -0.117. The molecule has 0 aliphatic heterocycles. The normalized spacial score (nSPS) is 22.6. The average molecular weight is 340 g/mol. The van der Waals surface area contributed by atoms with Crippen molar-refractivity contribution in [2.75, 3.05) is 0 Å². The third-order valence-corrected chi connectivity index (χ3v) is 5.45. The second-order valence-electron chi connectivity index (χ2n) is 6.99. The quantitative estimate of drug-likeness (QED) is 0.815. The molecule has 0 aromatic heterocycles. The van der Waals surface area contributed by atoms with Gasteiger partial charge in [-0.15, -0.1) is 0 Å². The number of rotatable bonds is 2. The maximum absolute atomic E-state index is 13.6. The van der Waals surface area contributed by atoms with Gasteiger partial charge in [0.2, 0.25) is 0 Å². The lowest BCUT2D eigenvalue weighted by atomic mass is 9.81. The van der Waals surface area contributed by atoms with Crippen LogP contribution in [-0.4, -0.2) is 10.9 Å². The summed E-state index contributed by atoms with van der Waals surface area (Å²) in [5, 5.41) is 10.6. The summed E-state index contributed by atoms with van der Waals surface area (Å²) in [4.78, 5) is 12.8. The van der Waals surface area contributed by atoms with Crippen molar-refractivity contribution in [3.63, 3.8) is 0 Å². The van der Waals surface area contributed by atoms with Gasteiger partial charge in [-0.05, 0) is 66.6 Å². The van der Waals surface area contributed by atoms with Crippen LogP contribution in [0.3, 0.4) is 0 Å². The molecule has 2 aliphatic rings. The van der Waals surface area contributed by atoms with Crippen molar-refractivity contribution in [2.45, 2.75) is 26.2 Å². The zero-order valence-corrected chi connectivity index (χ0v) is 13.9. The molecule has 1 N–H and O–H groups in total. The molecule has 4 rings (SSSR count). The van der Waals surface area contributed by atoms with Crippen molar-refractivity contribution in [3.05, 3.63) is 64.9 Å². The number of aliphatic hydroxyl groups excluding tert-OH is 1. The second-order valence-corrected chi connectivity index (χ2v) is 6.99. The number of halogens is 2. The van der Waals surface area contributed by atoms with Crippen molar-refractivity contribution >= 4 is 11.4 Å². The first-order valence-electron chi connectivity index (χ1n) is 8.49. The van der Waals surface area contributed by atoms with Crippen molar-refractivity contribution in [2.24, 2.45) is 11.8 Å². The van der Waals surface area contributed by atoms with Crippen molar-refractivity contribution < 1.29 is 18.7 Å². The zero-order chi connectivity index (χ0) is 17.7. The molecule has 0 amide bonds. The predicted octanol–water partition coefficient (Wildman–Crippen LogP) is 5.21. The molecule has 25 heavy (non-hydrogen) atoms. The molecule has 2 nitrogen and oxygen atoms in total. The number of ketones is 1. The van der Waals surface area contributed by atoms with Crippen molar-refractivity contribution in [1.29, 1.82) is 0 Å². The van der Waals surface area contributed by atoms with E-state index in [4.69, 9.17) is 0 Å². The maximum atomic E-state index is 13.6. The largest absolute Gasteiger partial charge is 0.511 e. The van der Waals surface area contributed by atoms with E-state index in [0.29, 0.717) is 22.3 Å². The third kappa shape index (κ3) is 2.56. The Labute approximate surface area is 144 Å². The Kier molecular flexibility index (Phi) is 3.71. The summed E-state index contributed by atoms with van der Waals surface area (Å²) in [6, 6.07) is 9.18. The Bertz CT molecular complexity index is 914. The van der Waals surface area contributed by atoms with Gasteiger partial charge < -0.3 is 5.11 Å². The minimum Gasteiger partial charge on any atom is -0.511 e. The van der Waals surface area contributed by atoms with Gasteiger partial charge in [0.05, 0.1) is 5.57 Å². The Balaban J connectivity index is 1.84. The van der Waals surface area contributed by atoms with Crippen LogP contribution in [0.2, 0.25) is 0 Å². The molecule has 4 heteroatoms. The van der Waals surface area contributed by atoms with Gasteiger partial charge in [-0.25, -0.2) is 8.78 Å². The number of aliphatic hydroxyl groups is 1. The first kappa shape index (κ1) is 16.0. The van der Waals surface area contributed by atoms with Crippen molar-refractivity contribution in [1.82, 2.24) is 0 Å². The molecular weight excluding hydrogens is 322 g/mol. The third-order valence-electron chi connectivity index (χ3n) is 5.45. The highest BCUT2D eigenvalue weighted by Crippen LogP contribution is 2.46. The monoisotopic (exact) mass is 340 g/mol. The first-order chi connectivity index (χ1) is 12.0. The van der Waals surface area contributed by atoms with E-state index in [1.807, 2.05) is 19.1 Å². The first-order valence-corrected chi connectivity index (χ1v) is 8.49. The number of fused-ring (bicyclic) bond motifs is 2. The predicted molar refractivity (Wildman–Crippen MR) is 91.9 cm³/mol. The van der Waals surface area contributed by atoms with Crippen LogP contribution in [0, 0.1) is 30.4 Å². The van der Waals surface area contributed by atoms with E-state index < -0.39 is 11.6 Å². The maximum Gasteiger partial charge on any atom is 0.169 e. The molecular formula is C21H18F2O2. The molecule has 0 unspecified atom stereocenters. The Morgan fingerprint density at radius 2 is 1.64 bits per heavy atom. The number of aryl methyl sites for hydroxylation is 1. The van der Waals surface area contributed by atoms with Crippen LogP contribution in [0.5, 0.6) is 0 Å². The number of hydrogen-bond donors (Lipinski definition) is 1. The van der Waals surface area contributed by atoms with Gasteiger partial charge in [0, 0.05) is 11.8 Å². The summed E-state index contributed by atoms with van der Waals surface area (Å²) < 4.78 is 26.7. The van der Waals surface area contributed by atoms with Crippen LogP contribution in [-0.2, 0) is 4.79 Å². The molecule has 1 saturated carbocycles. The highest BCUT2D eigenvalue weighted by atomic mass is 19.2. The zero-order valence-electron chi connectivity index (χ0n) is 13.9. The molecule has 0 heterocycles. The van der Waals surface area contributed by atoms with Crippen LogP contribution >= 0.6 is 0 Å². The summed E-state index contributed by atoms with van der Waals surface area (Å²) >= 11 is 0. The van der Waals surface area contributed by atoms with Crippen LogP contribution in [0.15, 0.2) is 42.2 Å². The Morgan fingerprint density at radius 1 is 0.960 bits per heavy atom. The number of hydrogen-bond acceptors (Lipinski definition) is 2. The SMILES string of the molecule is Cc1ccc(-c2ccc(F)c(F)c2)cc1C1=C(O)[C@H]2CC[C@H](C2)C1=O. The second kappa shape index (κ2) is 5.80. The van der Waals surface area contributed by atoms with Gasteiger partial charge in [0.1, 0.15) is 5.76 Å². The van der Waals surface area contributed by atoms with Gasteiger partial charge in [0.15, 0.2) is 17.4 Å². The standard InChI is InChI=1S/C21H18F2O2/c1-11-2-3-12(13-6-7-17(22)18(23)10-13)9-16(11)19-20(24)14-4-5-15(8-14)21(19)25/h2-3,6-7,9-10,14-15,24H,4-5,8H2,1H3/t14-,15+/m0/s1. The van der Waals surface area contributed by atoms with E-state index in [1.165, 1.54) is 6.07 Å². The van der Waals surface area contributed by atoms with E-state index in [9.17, 15) is 18.7 Å². The molecule has 1 fully saturated rings. The minimum atomic E-state index is -0.909. The summed E-state index contributed by atoms with van der Waals surface area (Å²) in [5.74, 6) is -1.57. The fourth-order valence-corrected chi connectivity index (χ4v) is 4.02. The molecule has 2 bridgehead atoms. The summed E-state index contributed by atoms with van der Waals surface area (Å²) in [6.07, 6.45) is 2.39. The number of carbonyl (C=O) groups is 1. The molecule has 2 aliphatic carbocycles. The lowest BCUT2D eigenvalue weighted by Crippen LogP contribution is -2.21. The number of Topliss-reactive ketones (excluding diaryl/α,β-unsaturated/α-hetero) is 1. The highest BCUT2D eigenvalue weighted by Gasteiger charge is 2.41. The van der Waals surface area contributed by atoms with E-state index >= 15 is 0 Å². The lowest BCUT2D eigenvalue weighted by Gasteiger charge is -2.23. The van der Waals surface area contributed by atoms with E-state index in [1.54, 1.807) is 6.07 Å². The molecule has 2 atom stereocenters. The summed E-state index contributed by atoms with van der Waals surface area (Å²) in [5.41, 5.74) is 3.18. The van der Waals surface area contributed by atoms with E-state index in [0.717, 1.165) is 37.0 Å². The Hall–Kier alpha value is -2.49. The van der Waals surface area contributed by atoms with Crippen LogP contribution in [0.4, 0.5) is 8.78 Å². The molecule has 2 aromatic carbocycles. The smallest absolute Gasteiger partial charge is 0.169 e. The molecule has 128 valence electrons. The van der Waals surface area contributed by atoms with E-state index in [2.05, 4.69) is 0 Å². The van der Waals surface area contributed by atoms with Crippen LogP contribution < -0.4 is 0 Å². The number of allylic oxidation sites excluding steroid dienone is 2. The van der Waals surface area contributed by atoms with Crippen molar-refractivity contribution in [3.8, 4) is 11.1 Å². The topological polar surface area (TPSA) is 37.3 Å². The highest BCUT2D eigenvalue weighted by molar-refractivity contribution is 6.23. The minimum absolute atomic E-state index is 0.00298. The molecule has 0 spiro atoms. The fraction of sp³-hybridized carbons (Fsp3) is 0.286. The van der Waals surface area contributed by atoms with Gasteiger partial charge in [-0.1, -0.05) is 18.2 Å². The molecule has 0 saturated heterocycles. The van der Waals surface area contributed by atoms with Gasteiger partial charge in [-0.3, -0.25) is 4.79 Å². The number of benzene rings is 2. The van der Waals surface area contributed by atoms with E-state index in [-0.39, 0.29) is 23.4 Å². The van der Waals surface area contributed by atoms with Gasteiger partial charge >= 0.3 is 0 Å². The van der Waals surface area contributed by atoms with Gasteiger partial charge in [0.25, 0.3) is 0 Å². The van der Waals surface area contributed by atoms with Gasteiger partial charge in [-0.2, -0.15) is 0 Å². The number of carbonyl (C=O) groups excluding carboxylic acids is 1.